The number of rotatable bonds is 7. The van der Waals surface area contributed by atoms with E-state index in [2.05, 4.69) is 15.6 Å². The summed E-state index contributed by atoms with van der Waals surface area (Å²) in [5.41, 5.74) is 2.31. The highest BCUT2D eigenvalue weighted by Gasteiger charge is 2.18. The van der Waals surface area contributed by atoms with Gasteiger partial charge in [-0.05, 0) is 43.2 Å². The molecule has 0 bridgehead atoms. The molecule has 1 aromatic carbocycles. The van der Waals surface area contributed by atoms with Crippen LogP contribution in [-0.4, -0.2) is 23.0 Å². The van der Waals surface area contributed by atoms with Crippen molar-refractivity contribution in [3.8, 4) is 0 Å². The predicted octanol–water partition coefficient (Wildman–Crippen LogP) is 3.08. The Morgan fingerprint density at radius 1 is 1.14 bits per heavy atom. The number of benzene rings is 1. The van der Waals surface area contributed by atoms with E-state index < -0.39 is 0 Å². The summed E-state index contributed by atoms with van der Waals surface area (Å²) in [7, 11) is 0. The molecule has 1 aromatic heterocycles. The van der Waals surface area contributed by atoms with Crippen LogP contribution in [0.1, 0.15) is 12.5 Å². The molecule has 6 heteroatoms. The molecule has 1 heterocycles. The van der Waals surface area contributed by atoms with Crippen LogP contribution in [0.3, 0.4) is 0 Å². The Morgan fingerprint density at radius 2 is 1.81 bits per heavy atom. The molecule has 2 aromatic rings. The molecular formula is C15H18N4O2. The second-order valence-corrected chi connectivity index (χ2v) is 4.52. The Kier molecular flexibility index (Phi) is 5.09. The number of hydrogen-bond donors (Lipinski definition) is 2. The lowest BCUT2D eigenvalue weighted by Crippen LogP contribution is -2.09. The number of nitrogens with zero attached hydrogens (tertiary/aromatic N) is 2. The molecule has 2 N–H and O–H groups in total. The van der Waals surface area contributed by atoms with Crippen molar-refractivity contribution >= 4 is 17.1 Å². The molecule has 0 amide bonds. The molecule has 2 rings (SSSR count). The second-order valence-electron chi connectivity index (χ2n) is 4.52. The van der Waals surface area contributed by atoms with E-state index in [0.717, 1.165) is 12.0 Å². The molecule has 0 fully saturated rings. The molecule has 0 unspecified atom stereocenters. The van der Waals surface area contributed by atoms with Crippen LogP contribution in [-0.2, 0) is 6.42 Å². The summed E-state index contributed by atoms with van der Waals surface area (Å²) in [5, 5.41) is 17.4. The van der Waals surface area contributed by atoms with E-state index in [1.54, 1.807) is 30.6 Å². The van der Waals surface area contributed by atoms with Gasteiger partial charge in [0.1, 0.15) is 11.4 Å². The predicted molar refractivity (Wildman–Crippen MR) is 83.7 cm³/mol. The smallest absolute Gasteiger partial charge is 0.315 e. The van der Waals surface area contributed by atoms with Crippen molar-refractivity contribution in [3.05, 3.63) is 58.4 Å². The minimum atomic E-state index is -0.354. The van der Waals surface area contributed by atoms with Gasteiger partial charge in [-0.2, -0.15) is 0 Å². The SMILES string of the molecule is CCNc1cccc(NCCc2ccncc2)c1[N+](=O)[O-]. The quantitative estimate of drug-likeness (QED) is 0.604. The molecule has 0 radical (unpaired) electrons. The highest BCUT2D eigenvalue weighted by molar-refractivity contribution is 5.76. The molecule has 6 nitrogen and oxygen atoms in total. The van der Waals surface area contributed by atoms with Crippen molar-refractivity contribution < 1.29 is 4.92 Å². The number of nitro benzene ring substituents is 1. The number of pyridine rings is 1. The molecule has 110 valence electrons. The largest absolute Gasteiger partial charge is 0.380 e. The molecule has 0 aliphatic carbocycles. The maximum atomic E-state index is 11.3. The van der Waals surface area contributed by atoms with Gasteiger partial charge in [-0.3, -0.25) is 15.1 Å². The van der Waals surface area contributed by atoms with E-state index in [1.165, 1.54) is 0 Å². The van der Waals surface area contributed by atoms with Gasteiger partial charge in [-0.25, -0.2) is 0 Å². The maximum Gasteiger partial charge on any atom is 0.315 e. The minimum absolute atomic E-state index is 0.0917. The van der Waals surface area contributed by atoms with Crippen LogP contribution in [0.2, 0.25) is 0 Å². The van der Waals surface area contributed by atoms with Gasteiger partial charge >= 0.3 is 5.69 Å². The third-order valence-electron chi connectivity index (χ3n) is 3.06. The van der Waals surface area contributed by atoms with Gasteiger partial charge in [0.25, 0.3) is 0 Å². The molecule has 0 aliphatic heterocycles. The van der Waals surface area contributed by atoms with Crippen molar-refractivity contribution in [3.63, 3.8) is 0 Å². The van der Waals surface area contributed by atoms with Crippen molar-refractivity contribution in [1.82, 2.24) is 4.98 Å². The molecule has 21 heavy (non-hydrogen) atoms. The number of nitrogens with one attached hydrogen (secondary N) is 2. The van der Waals surface area contributed by atoms with E-state index in [4.69, 9.17) is 0 Å². The molecule has 0 saturated carbocycles. The maximum absolute atomic E-state index is 11.3. The lowest BCUT2D eigenvalue weighted by Gasteiger charge is -2.10. The fourth-order valence-corrected chi connectivity index (χ4v) is 2.11. The molecule has 0 atom stereocenters. The monoisotopic (exact) mass is 286 g/mol. The fourth-order valence-electron chi connectivity index (χ4n) is 2.11. The summed E-state index contributed by atoms with van der Waals surface area (Å²) in [6.07, 6.45) is 4.26. The average Bonchev–Trinajstić information content (AvgIpc) is 2.48. The summed E-state index contributed by atoms with van der Waals surface area (Å²) < 4.78 is 0. The third-order valence-corrected chi connectivity index (χ3v) is 3.06. The molecular weight excluding hydrogens is 268 g/mol. The van der Waals surface area contributed by atoms with Crippen LogP contribution < -0.4 is 10.6 Å². The Labute approximate surface area is 123 Å². The highest BCUT2D eigenvalue weighted by Crippen LogP contribution is 2.32. The Bertz CT molecular complexity index is 602. The first-order valence-electron chi connectivity index (χ1n) is 6.86. The fraction of sp³-hybridized carbons (Fsp3) is 0.267. The molecule has 0 aliphatic rings. The Hall–Kier alpha value is -2.63. The first-order chi connectivity index (χ1) is 10.2. The van der Waals surface area contributed by atoms with Gasteiger partial charge in [0.05, 0.1) is 4.92 Å². The van der Waals surface area contributed by atoms with Crippen LogP contribution in [0.25, 0.3) is 0 Å². The van der Waals surface area contributed by atoms with Crippen molar-refractivity contribution in [2.75, 3.05) is 23.7 Å². The molecule has 0 saturated heterocycles. The number of anilines is 2. The first-order valence-corrected chi connectivity index (χ1v) is 6.86. The summed E-state index contributed by atoms with van der Waals surface area (Å²) >= 11 is 0. The summed E-state index contributed by atoms with van der Waals surface area (Å²) in [6.45, 7) is 3.18. The number of aromatic nitrogens is 1. The van der Waals surface area contributed by atoms with E-state index >= 15 is 0 Å². The zero-order valence-electron chi connectivity index (χ0n) is 11.9. The zero-order chi connectivity index (χ0) is 15.1. The van der Waals surface area contributed by atoms with E-state index in [0.29, 0.717) is 24.5 Å². The van der Waals surface area contributed by atoms with Gasteiger partial charge in [0, 0.05) is 25.5 Å². The van der Waals surface area contributed by atoms with Crippen molar-refractivity contribution in [1.29, 1.82) is 0 Å². The second kappa shape index (κ2) is 7.23. The summed E-state index contributed by atoms with van der Waals surface area (Å²) in [4.78, 5) is 14.9. The number of para-hydroxylation sites is 1. The van der Waals surface area contributed by atoms with E-state index in [-0.39, 0.29) is 10.6 Å². The lowest BCUT2D eigenvalue weighted by atomic mass is 10.2. The molecule has 0 spiro atoms. The highest BCUT2D eigenvalue weighted by atomic mass is 16.6. The average molecular weight is 286 g/mol. The number of nitro groups is 1. The van der Waals surface area contributed by atoms with E-state index in [9.17, 15) is 10.1 Å². The number of hydrogen-bond acceptors (Lipinski definition) is 5. The minimum Gasteiger partial charge on any atom is -0.380 e. The van der Waals surface area contributed by atoms with Crippen LogP contribution in [0.5, 0.6) is 0 Å². The van der Waals surface area contributed by atoms with Gasteiger partial charge in [0.2, 0.25) is 0 Å². The zero-order valence-corrected chi connectivity index (χ0v) is 11.9. The van der Waals surface area contributed by atoms with Crippen LogP contribution in [0.4, 0.5) is 17.1 Å². The standard InChI is InChI=1S/C15H18N4O2/c1-2-17-13-4-3-5-14(15(13)19(20)21)18-11-8-12-6-9-16-10-7-12/h3-7,9-10,17-18H,2,8,11H2,1H3. The van der Waals surface area contributed by atoms with Gasteiger partial charge in [0.15, 0.2) is 0 Å². The lowest BCUT2D eigenvalue weighted by molar-refractivity contribution is -0.383. The van der Waals surface area contributed by atoms with E-state index in [1.807, 2.05) is 19.1 Å². The van der Waals surface area contributed by atoms with Gasteiger partial charge in [-0.1, -0.05) is 6.07 Å². The Balaban J connectivity index is 2.08. The van der Waals surface area contributed by atoms with Crippen LogP contribution >= 0.6 is 0 Å². The normalized spacial score (nSPS) is 10.1. The van der Waals surface area contributed by atoms with Gasteiger partial charge < -0.3 is 10.6 Å². The summed E-state index contributed by atoms with van der Waals surface area (Å²) in [6, 6.07) is 9.12. The first kappa shape index (κ1) is 14.8. The van der Waals surface area contributed by atoms with Gasteiger partial charge in [-0.15, -0.1) is 0 Å². The van der Waals surface area contributed by atoms with Crippen molar-refractivity contribution in [2.45, 2.75) is 13.3 Å². The van der Waals surface area contributed by atoms with Crippen LogP contribution in [0, 0.1) is 10.1 Å². The summed E-state index contributed by atoms with van der Waals surface area (Å²) in [5.74, 6) is 0. The Morgan fingerprint density at radius 3 is 2.43 bits per heavy atom. The third kappa shape index (κ3) is 3.92. The van der Waals surface area contributed by atoms with Crippen LogP contribution in [0.15, 0.2) is 42.7 Å². The van der Waals surface area contributed by atoms with Crippen molar-refractivity contribution in [2.24, 2.45) is 0 Å². The topological polar surface area (TPSA) is 80.1 Å².